The second-order valence-electron chi connectivity index (χ2n) is 10.2. The van der Waals surface area contributed by atoms with Crippen LogP contribution < -0.4 is 15.5 Å². The van der Waals surface area contributed by atoms with Gasteiger partial charge in [0.05, 0.1) is 35.7 Å². The molecule has 0 aliphatic carbocycles. The molecule has 0 radical (unpaired) electrons. The van der Waals surface area contributed by atoms with Crippen molar-refractivity contribution in [2.75, 3.05) is 55.9 Å². The summed E-state index contributed by atoms with van der Waals surface area (Å²) in [7, 11) is 3.32. The van der Waals surface area contributed by atoms with Crippen molar-refractivity contribution in [3.63, 3.8) is 0 Å². The van der Waals surface area contributed by atoms with Crippen LogP contribution in [-0.2, 0) is 4.74 Å². The quantitative estimate of drug-likeness (QED) is 0.233. The smallest absolute Gasteiger partial charge is 0.323 e. The fourth-order valence-corrected chi connectivity index (χ4v) is 5.08. The summed E-state index contributed by atoms with van der Waals surface area (Å²) in [6.45, 7) is 2.75. The first-order valence-electron chi connectivity index (χ1n) is 13.7. The van der Waals surface area contributed by atoms with E-state index in [-0.39, 0.29) is 10.9 Å². The van der Waals surface area contributed by atoms with Gasteiger partial charge in [-0.05, 0) is 66.7 Å². The van der Waals surface area contributed by atoms with Gasteiger partial charge in [-0.3, -0.25) is 4.79 Å². The Bertz CT molecular complexity index is 1780. The first-order valence-corrected chi connectivity index (χ1v) is 14.1. The van der Waals surface area contributed by atoms with Gasteiger partial charge in [0, 0.05) is 54.9 Å². The van der Waals surface area contributed by atoms with E-state index in [1.54, 1.807) is 44.6 Å². The molecule has 0 spiro atoms. The minimum absolute atomic E-state index is 0.177. The van der Waals surface area contributed by atoms with Crippen molar-refractivity contribution < 1.29 is 18.7 Å². The topological polar surface area (TPSA) is 113 Å². The molecule has 0 atom stereocenters. The Kier molecular flexibility index (Phi) is 7.95. The molecule has 0 bridgehead atoms. The normalized spacial score (nSPS) is 13.1. The second kappa shape index (κ2) is 12.1. The first kappa shape index (κ1) is 28.2. The number of hydrogen-bond acceptors (Lipinski definition) is 7. The van der Waals surface area contributed by atoms with Gasteiger partial charge in [-0.1, -0.05) is 17.7 Å². The largest absolute Gasteiger partial charge is 0.464 e. The number of anilines is 3. The number of amides is 3. The molecule has 0 unspecified atom stereocenters. The van der Waals surface area contributed by atoms with Crippen LogP contribution in [0.2, 0.25) is 5.02 Å². The summed E-state index contributed by atoms with van der Waals surface area (Å²) in [6.07, 6.45) is 1.65. The van der Waals surface area contributed by atoms with Crippen LogP contribution in [0.25, 0.3) is 33.6 Å². The molecule has 43 heavy (non-hydrogen) atoms. The lowest BCUT2D eigenvalue weighted by atomic mass is 10.1. The number of carbonyl (C=O) groups excluding carboxylic acids is 2. The number of benzene rings is 3. The minimum atomic E-state index is -0.469. The zero-order chi connectivity index (χ0) is 29.9. The SMILES string of the molecule is CN(C)C(=O)c1ccc(NC(=O)Nc2ccc(-c3nc(N4CCOCC4)c4ccc(-c5ccco5)cc4n3)cc2)c(Cl)c1. The number of nitrogens with zero attached hydrogens (tertiary/aromatic N) is 4. The number of halogens is 1. The number of aromatic nitrogens is 2. The van der Waals surface area contributed by atoms with Crippen molar-refractivity contribution in [3.05, 3.63) is 89.6 Å². The molecule has 2 N–H and O–H groups in total. The molecule has 0 saturated carbocycles. The molecule has 1 aliphatic rings. The average Bonchev–Trinajstić information content (AvgIpc) is 3.57. The molecule has 10 nitrogen and oxygen atoms in total. The molecule has 11 heteroatoms. The van der Waals surface area contributed by atoms with E-state index >= 15 is 0 Å². The molecule has 1 fully saturated rings. The maximum Gasteiger partial charge on any atom is 0.323 e. The standard InChI is InChI=1S/C32H29ClN6O4/c1-38(2)31(40)22-8-12-26(25(33)18-22)36-32(41)34-23-9-5-20(6-10-23)29-35-27-19-21(28-4-3-15-43-28)7-11-24(27)30(37-29)39-13-16-42-17-14-39/h3-12,15,18-19H,13-14,16-17H2,1-2H3,(H2,34,36,41). The van der Waals surface area contributed by atoms with Gasteiger partial charge >= 0.3 is 6.03 Å². The number of carbonyl (C=O) groups is 2. The van der Waals surface area contributed by atoms with Crippen molar-refractivity contribution in [2.24, 2.45) is 0 Å². The summed E-state index contributed by atoms with van der Waals surface area (Å²) in [5.74, 6) is 2.01. The number of ether oxygens (including phenoxy) is 1. The highest BCUT2D eigenvalue weighted by atomic mass is 35.5. The van der Waals surface area contributed by atoms with Crippen molar-refractivity contribution in [3.8, 4) is 22.7 Å². The van der Waals surface area contributed by atoms with Gasteiger partial charge in [0.25, 0.3) is 5.91 Å². The number of fused-ring (bicyclic) bond motifs is 1. The van der Waals surface area contributed by atoms with E-state index in [0.717, 1.165) is 46.7 Å². The van der Waals surface area contributed by atoms with Crippen molar-refractivity contribution in [2.45, 2.75) is 0 Å². The van der Waals surface area contributed by atoms with Crippen LogP contribution in [0.15, 0.2) is 83.5 Å². The third-order valence-electron chi connectivity index (χ3n) is 7.06. The molecule has 1 saturated heterocycles. The van der Waals surface area contributed by atoms with Crippen LogP contribution in [0.1, 0.15) is 10.4 Å². The Balaban J connectivity index is 1.23. The Labute approximate surface area is 253 Å². The summed E-state index contributed by atoms with van der Waals surface area (Å²) >= 11 is 6.32. The maximum atomic E-state index is 12.7. The predicted octanol–water partition coefficient (Wildman–Crippen LogP) is 6.39. The summed E-state index contributed by atoms with van der Waals surface area (Å²) in [6, 6.07) is 21.4. The molecule has 2 aromatic heterocycles. The van der Waals surface area contributed by atoms with E-state index in [9.17, 15) is 9.59 Å². The lowest BCUT2D eigenvalue weighted by Gasteiger charge is -2.29. The van der Waals surface area contributed by atoms with Crippen LogP contribution in [0, 0.1) is 0 Å². The molecule has 5 aromatic rings. The van der Waals surface area contributed by atoms with Crippen LogP contribution >= 0.6 is 11.6 Å². The highest BCUT2D eigenvalue weighted by Gasteiger charge is 2.19. The zero-order valence-corrected chi connectivity index (χ0v) is 24.4. The molecular weight excluding hydrogens is 568 g/mol. The molecule has 3 amide bonds. The highest BCUT2D eigenvalue weighted by Crippen LogP contribution is 2.32. The van der Waals surface area contributed by atoms with E-state index in [4.69, 9.17) is 30.7 Å². The van der Waals surface area contributed by atoms with Crippen LogP contribution in [0.3, 0.4) is 0 Å². The lowest BCUT2D eigenvalue weighted by Crippen LogP contribution is -2.37. The van der Waals surface area contributed by atoms with Gasteiger partial charge in [-0.2, -0.15) is 0 Å². The van der Waals surface area contributed by atoms with Gasteiger partial charge in [0.15, 0.2) is 5.82 Å². The Hall–Kier alpha value is -4.93. The zero-order valence-electron chi connectivity index (χ0n) is 23.6. The third kappa shape index (κ3) is 6.15. The monoisotopic (exact) mass is 596 g/mol. The van der Waals surface area contributed by atoms with Gasteiger partial charge < -0.3 is 29.6 Å². The molecule has 3 heterocycles. The molecule has 3 aromatic carbocycles. The van der Waals surface area contributed by atoms with Crippen molar-refractivity contribution in [1.82, 2.24) is 14.9 Å². The summed E-state index contributed by atoms with van der Waals surface area (Å²) in [4.78, 5) is 38.4. The highest BCUT2D eigenvalue weighted by molar-refractivity contribution is 6.34. The van der Waals surface area contributed by atoms with E-state index in [1.807, 2.05) is 42.5 Å². The maximum absolute atomic E-state index is 12.7. The van der Waals surface area contributed by atoms with Gasteiger partial charge in [0.2, 0.25) is 0 Å². The van der Waals surface area contributed by atoms with E-state index in [2.05, 4.69) is 15.5 Å². The Morgan fingerprint density at radius 1 is 0.907 bits per heavy atom. The number of nitrogens with one attached hydrogen (secondary N) is 2. The molecule has 6 rings (SSSR count). The third-order valence-corrected chi connectivity index (χ3v) is 7.38. The fraction of sp³-hybridized carbons (Fsp3) is 0.188. The number of urea groups is 1. The second-order valence-corrected chi connectivity index (χ2v) is 10.6. The summed E-state index contributed by atoms with van der Waals surface area (Å²) < 4.78 is 11.2. The fourth-order valence-electron chi connectivity index (χ4n) is 4.85. The number of morpholine rings is 1. The van der Waals surface area contributed by atoms with Crippen molar-refractivity contribution >= 4 is 51.6 Å². The Morgan fingerprint density at radius 3 is 2.37 bits per heavy atom. The summed E-state index contributed by atoms with van der Waals surface area (Å²) in [5, 5.41) is 6.75. The molecular formula is C32H29ClN6O4. The molecule has 218 valence electrons. The number of furan rings is 1. The van der Waals surface area contributed by atoms with Gasteiger partial charge in [0.1, 0.15) is 11.6 Å². The van der Waals surface area contributed by atoms with Gasteiger partial charge in [-0.25, -0.2) is 14.8 Å². The summed E-state index contributed by atoms with van der Waals surface area (Å²) in [5.41, 5.74) is 3.93. The average molecular weight is 597 g/mol. The van der Waals surface area contributed by atoms with Crippen LogP contribution in [0.4, 0.5) is 22.0 Å². The van der Waals surface area contributed by atoms with Crippen molar-refractivity contribution in [1.29, 1.82) is 0 Å². The van der Waals surface area contributed by atoms with E-state index in [0.29, 0.717) is 36.0 Å². The lowest BCUT2D eigenvalue weighted by molar-refractivity contribution is 0.0827. The number of rotatable bonds is 6. The minimum Gasteiger partial charge on any atom is -0.464 e. The van der Waals surface area contributed by atoms with Gasteiger partial charge in [-0.15, -0.1) is 0 Å². The van der Waals surface area contributed by atoms with E-state index in [1.165, 1.54) is 11.0 Å². The Morgan fingerprint density at radius 2 is 1.67 bits per heavy atom. The number of hydrogen-bond donors (Lipinski definition) is 2. The van der Waals surface area contributed by atoms with Crippen LogP contribution in [-0.4, -0.2) is 67.2 Å². The van der Waals surface area contributed by atoms with E-state index < -0.39 is 6.03 Å². The first-order chi connectivity index (χ1) is 20.9. The van der Waals surface area contributed by atoms with Crippen LogP contribution in [0.5, 0.6) is 0 Å². The molecule has 1 aliphatic heterocycles. The predicted molar refractivity (Wildman–Crippen MR) is 168 cm³/mol.